The highest BCUT2D eigenvalue weighted by Gasteiger charge is 2.16. The van der Waals surface area contributed by atoms with E-state index in [-0.39, 0.29) is 0 Å². The molecule has 3 N–H and O–H groups in total. The summed E-state index contributed by atoms with van der Waals surface area (Å²) in [5.74, 6) is 1.21. The van der Waals surface area contributed by atoms with E-state index in [1.807, 2.05) is 62.0 Å². The van der Waals surface area contributed by atoms with Crippen molar-refractivity contribution in [3.63, 3.8) is 0 Å². The van der Waals surface area contributed by atoms with Crippen molar-refractivity contribution in [1.82, 2.24) is 20.4 Å². The van der Waals surface area contributed by atoms with Gasteiger partial charge in [0.1, 0.15) is 5.60 Å². The van der Waals surface area contributed by atoms with Crippen LogP contribution in [0, 0.1) is 5.92 Å². The average molecular weight is 429 g/mol. The van der Waals surface area contributed by atoms with Crippen LogP contribution < -0.4 is 16.0 Å². The number of amides is 1. The Balaban J connectivity index is 1.77. The molecule has 0 aliphatic carbocycles. The highest BCUT2D eigenvalue weighted by Crippen LogP contribution is 2.13. The summed E-state index contributed by atoms with van der Waals surface area (Å²) in [6.45, 7) is 12.9. The molecule has 1 aromatic heterocycles. The fourth-order valence-corrected chi connectivity index (χ4v) is 2.88. The molecule has 0 saturated heterocycles. The van der Waals surface area contributed by atoms with Gasteiger partial charge in [0, 0.05) is 44.3 Å². The maximum atomic E-state index is 11.9. The largest absolute Gasteiger partial charge is 0.444 e. The van der Waals surface area contributed by atoms with Crippen molar-refractivity contribution in [2.24, 2.45) is 10.9 Å². The number of carbonyl (C=O) groups is 1. The summed E-state index contributed by atoms with van der Waals surface area (Å²) >= 11 is 0. The van der Waals surface area contributed by atoms with Gasteiger partial charge in [-0.15, -0.1) is 0 Å². The van der Waals surface area contributed by atoms with E-state index < -0.39 is 11.7 Å². The summed E-state index contributed by atoms with van der Waals surface area (Å²) in [6, 6.07) is 9.71. The summed E-state index contributed by atoms with van der Waals surface area (Å²) in [5, 5.41) is 13.7. The second-order valence-electron chi connectivity index (χ2n) is 8.55. The average Bonchev–Trinajstić information content (AvgIpc) is 3.19. The number of ether oxygens (including phenoxy) is 1. The van der Waals surface area contributed by atoms with Crippen LogP contribution in [0.1, 0.15) is 40.2 Å². The van der Waals surface area contributed by atoms with Gasteiger partial charge in [0.15, 0.2) is 5.96 Å². The predicted octanol–water partition coefficient (Wildman–Crippen LogP) is 3.66. The number of benzene rings is 1. The minimum Gasteiger partial charge on any atom is -0.444 e. The normalized spacial score (nSPS) is 12.9. The third-order valence-corrected chi connectivity index (χ3v) is 4.27. The molecule has 1 aromatic carbocycles. The molecule has 0 fully saturated rings. The molecule has 2 aromatic rings. The van der Waals surface area contributed by atoms with Crippen molar-refractivity contribution < 1.29 is 9.53 Å². The molecule has 170 valence electrons. The molecule has 0 aliphatic rings. The summed E-state index contributed by atoms with van der Waals surface area (Å²) < 4.78 is 7.20. The lowest BCUT2D eigenvalue weighted by atomic mass is 10.1. The summed E-state index contributed by atoms with van der Waals surface area (Å²) in [7, 11) is 0. The molecular formula is C23H36N6O2. The number of carbonyl (C=O) groups excluding carboxylic acids is 1. The Hall–Kier alpha value is -3.03. The van der Waals surface area contributed by atoms with Gasteiger partial charge in [0.2, 0.25) is 0 Å². The zero-order valence-electron chi connectivity index (χ0n) is 19.3. The SMILES string of the molecule is CCNC(=NCC(C)Cn1cccn1)NCCc1ccc(NC(=O)OC(C)(C)C)cc1. The lowest BCUT2D eigenvalue weighted by Crippen LogP contribution is -2.38. The number of rotatable bonds is 9. The Bertz CT molecular complexity index is 810. The van der Waals surface area contributed by atoms with Crippen molar-refractivity contribution in [3.05, 3.63) is 48.3 Å². The molecule has 0 saturated carbocycles. The topological polar surface area (TPSA) is 92.6 Å². The van der Waals surface area contributed by atoms with E-state index in [1.165, 1.54) is 5.56 Å². The quantitative estimate of drug-likeness (QED) is 0.419. The van der Waals surface area contributed by atoms with E-state index in [9.17, 15) is 4.79 Å². The summed E-state index contributed by atoms with van der Waals surface area (Å²) in [5.41, 5.74) is 1.37. The first-order valence-corrected chi connectivity index (χ1v) is 10.8. The maximum Gasteiger partial charge on any atom is 0.412 e. The first kappa shape index (κ1) is 24.2. The second kappa shape index (κ2) is 12.0. The Morgan fingerprint density at radius 3 is 2.58 bits per heavy atom. The number of anilines is 1. The first-order chi connectivity index (χ1) is 14.7. The molecule has 1 unspecified atom stereocenters. The minimum absolute atomic E-state index is 0.389. The van der Waals surface area contributed by atoms with Crippen LogP contribution in [0.25, 0.3) is 0 Å². The third-order valence-electron chi connectivity index (χ3n) is 4.27. The smallest absolute Gasteiger partial charge is 0.412 e. The third kappa shape index (κ3) is 10.0. The molecule has 1 amide bonds. The number of aromatic nitrogens is 2. The Morgan fingerprint density at radius 1 is 1.23 bits per heavy atom. The molecule has 0 radical (unpaired) electrons. The van der Waals surface area contributed by atoms with Crippen LogP contribution in [-0.4, -0.2) is 47.1 Å². The molecule has 31 heavy (non-hydrogen) atoms. The van der Waals surface area contributed by atoms with E-state index in [1.54, 1.807) is 6.20 Å². The van der Waals surface area contributed by atoms with E-state index in [2.05, 4.69) is 34.9 Å². The fraction of sp³-hybridized carbons (Fsp3) is 0.522. The predicted molar refractivity (Wildman–Crippen MR) is 125 cm³/mol. The Labute approximate surface area is 185 Å². The van der Waals surface area contributed by atoms with Crippen LogP contribution in [0.3, 0.4) is 0 Å². The van der Waals surface area contributed by atoms with Crippen molar-refractivity contribution in [2.45, 2.75) is 53.2 Å². The highest BCUT2D eigenvalue weighted by molar-refractivity contribution is 5.84. The van der Waals surface area contributed by atoms with Gasteiger partial charge < -0.3 is 15.4 Å². The van der Waals surface area contributed by atoms with Gasteiger partial charge in [0.25, 0.3) is 0 Å². The second-order valence-corrected chi connectivity index (χ2v) is 8.55. The van der Waals surface area contributed by atoms with Crippen molar-refractivity contribution in [2.75, 3.05) is 25.0 Å². The summed E-state index contributed by atoms with van der Waals surface area (Å²) in [6.07, 6.45) is 4.16. The first-order valence-electron chi connectivity index (χ1n) is 10.8. The fourth-order valence-electron chi connectivity index (χ4n) is 2.88. The molecule has 1 atom stereocenters. The standard InChI is InChI=1S/C23H36N6O2/c1-6-24-21(26-16-18(2)17-29-15-7-13-27-29)25-14-12-19-8-10-20(11-9-19)28-22(30)31-23(3,4)5/h7-11,13,15,18H,6,12,14,16-17H2,1-5H3,(H,28,30)(H2,24,25,26). The monoisotopic (exact) mass is 428 g/mol. The molecule has 8 heteroatoms. The zero-order chi connectivity index (χ0) is 22.7. The van der Waals surface area contributed by atoms with Crippen LogP contribution in [0.4, 0.5) is 10.5 Å². The van der Waals surface area contributed by atoms with Gasteiger partial charge in [-0.2, -0.15) is 5.10 Å². The summed E-state index contributed by atoms with van der Waals surface area (Å²) in [4.78, 5) is 16.5. The van der Waals surface area contributed by atoms with Gasteiger partial charge in [-0.1, -0.05) is 19.1 Å². The van der Waals surface area contributed by atoms with Crippen molar-refractivity contribution in [1.29, 1.82) is 0 Å². The van der Waals surface area contributed by atoms with E-state index >= 15 is 0 Å². The number of guanidine groups is 1. The Morgan fingerprint density at radius 2 is 1.97 bits per heavy atom. The lowest BCUT2D eigenvalue weighted by molar-refractivity contribution is 0.0636. The molecule has 2 rings (SSSR count). The van der Waals surface area contributed by atoms with Gasteiger partial charge >= 0.3 is 6.09 Å². The molecular weight excluding hydrogens is 392 g/mol. The number of hydrogen-bond acceptors (Lipinski definition) is 4. The van der Waals surface area contributed by atoms with E-state index in [0.717, 1.165) is 38.6 Å². The van der Waals surface area contributed by atoms with Gasteiger partial charge in [-0.25, -0.2) is 4.79 Å². The minimum atomic E-state index is -0.515. The number of nitrogens with one attached hydrogen (secondary N) is 3. The number of aliphatic imine (C=N–C) groups is 1. The van der Waals surface area contributed by atoms with E-state index in [4.69, 9.17) is 9.73 Å². The van der Waals surface area contributed by atoms with Crippen LogP contribution in [0.5, 0.6) is 0 Å². The maximum absolute atomic E-state index is 11.9. The molecule has 1 heterocycles. The number of nitrogens with zero attached hydrogens (tertiary/aromatic N) is 3. The van der Waals surface area contributed by atoms with Crippen LogP contribution in [0.2, 0.25) is 0 Å². The van der Waals surface area contributed by atoms with E-state index in [0.29, 0.717) is 11.6 Å². The highest BCUT2D eigenvalue weighted by atomic mass is 16.6. The van der Waals surface area contributed by atoms with Crippen LogP contribution in [-0.2, 0) is 17.7 Å². The molecule has 0 aliphatic heterocycles. The van der Waals surface area contributed by atoms with Gasteiger partial charge in [0.05, 0.1) is 0 Å². The Kier molecular flexibility index (Phi) is 9.37. The van der Waals surface area contributed by atoms with Crippen molar-refractivity contribution >= 4 is 17.7 Å². The van der Waals surface area contributed by atoms with Gasteiger partial charge in [-0.05, 0) is 63.8 Å². The lowest BCUT2D eigenvalue weighted by Gasteiger charge is -2.19. The number of hydrogen-bond donors (Lipinski definition) is 3. The molecule has 8 nitrogen and oxygen atoms in total. The van der Waals surface area contributed by atoms with Gasteiger partial charge in [-0.3, -0.25) is 15.0 Å². The van der Waals surface area contributed by atoms with Crippen LogP contribution >= 0.6 is 0 Å². The molecule has 0 spiro atoms. The zero-order valence-corrected chi connectivity index (χ0v) is 19.3. The molecule has 0 bridgehead atoms. The van der Waals surface area contributed by atoms with Crippen LogP contribution in [0.15, 0.2) is 47.7 Å². The van der Waals surface area contributed by atoms with Crippen molar-refractivity contribution in [3.8, 4) is 0 Å².